The Balaban J connectivity index is 4.23. The number of hydrogen-bond donors (Lipinski definition) is 1. The number of carboxylic acids is 1. The van der Waals surface area contributed by atoms with Crippen molar-refractivity contribution in [1.29, 1.82) is 0 Å². The largest absolute Gasteiger partial charge is 0.477 e. The van der Waals surface area contributed by atoms with Crippen molar-refractivity contribution in [2.24, 2.45) is 0 Å². The van der Waals surface area contributed by atoms with Crippen molar-refractivity contribution in [2.75, 3.05) is 47.5 Å². The van der Waals surface area contributed by atoms with Crippen LogP contribution < -0.4 is 0 Å². The van der Waals surface area contributed by atoms with Crippen LogP contribution in [0.15, 0.2) is 109 Å². The third kappa shape index (κ3) is 61.4. The zero-order chi connectivity index (χ0) is 57.6. The van der Waals surface area contributed by atoms with Gasteiger partial charge in [-0.2, -0.15) is 0 Å². The summed E-state index contributed by atoms with van der Waals surface area (Å²) in [4.78, 5) is 37.6. The summed E-state index contributed by atoms with van der Waals surface area (Å²) in [6.45, 7) is 4.75. The number of carbonyl (C=O) groups is 3. The molecule has 79 heavy (non-hydrogen) atoms. The SMILES string of the molecule is CC/C=C\C/C=C\C/C=C\C/C=C\C/C=C\C/C=C\CCCCCCCCCCCCC(=O)OC(COC(=O)CCCCCCCCCCCC/C=C\C/C=C\C/C=C\CCCCCCC)COC(OCC[N+](C)(C)C)C(=O)O. The lowest BCUT2D eigenvalue weighted by Crippen LogP contribution is -2.40. The predicted octanol–water partition coefficient (Wildman–Crippen LogP) is 19.5. The van der Waals surface area contributed by atoms with Crippen LogP contribution in [-0.2, 0) is 33.3 Å². The van der Waals surface area contributed by atoms with E-state index in [1.165, 1.54) is 128 Å². The van der Waals surface area contributed by atoms with Crippen molar-refractivity contribution in [1.82, 2.24) is 0 Å². The Morgan fingerprint density at radius 3 is 1.08 bits per heavy atom. The van der Waals surface area contributed by atoms with E-state index < -0.39 is 24.3 Å². The van der Waals surface area contributed by atoms with Crippen LogP contribution >= 0.6 is 0 Å². The zero-order valence-electron chi connectivity index (χ0n) is 51.5. The molecule has 0 heterocycles. The van der Waals surface area contributed by atoms with Gasteiger partial charge in [-0.05, 0) is 103 Å². The van der Waals surface area contributed by atoms with Crippen LogP contribution in [-0.4, -0.2) is 87.4 Å². The molecule has 0 aliphatic carbocycles. The number of quaternary nitrogens is 1. The van der Waals surface area contributed by atoms with Gasteiger partial charge in [-0.3, -0.25) is 9.59 Å². The van der Waals surface area contributed by atoms with E-state index in [-0.39, 0.29) is 32.2 Å². The van der Waals surface area contributed by atoms with E-state index in [0.29, 0.717) is 23.9 Å². The third-order valence-corrected chi connectivity index (χ3v) is 13.5. The van der Waals surface area contributed by atoms with Crippen LogP contribution in [0.3, 0.4) is 0 Å². The molecule has 0 fully saturated rings. The molecule has 0 bridgehead atoms. The molecule has 0 aromatic carbocycles. The van der Waals surface area contributed by atoms with Gasteiger partial charge in [0.1, 0.15) is 13.2 Å². The van der Waals surface area contributed by atoms with Gasteiger partial charge in [0, 0.05) is 12.8 Å². The molecule has 0 aromatic heterocycles. The number of unbranched alkanes of at least 4 members (excludes halogenated alkanes) is 25. The van der Waals surface area contributed by atoms with Crippen molar-refractivity contribution < 1.29 is 42.9 Å². The van der Waals surface area contributed by atoms with E-state index in [4.69, 9.17) is 18.9 Å². The van der Waals surface area contributed by atoms with E-state index in [1.807, 2.05) is 21.1 Å². The van der Waals surface area contributed by atoms with Gasteiger partial charge in [0.05, 0.1) is 34.4 Å². The fourth-order valence-corrected chi connectivity index (χ4v) is 8.61. The Bertz CT molecular complexity index is 1660. The topological polar surface area (TPSA) is 108 Å². The molecule has 9 heteroatoms. The molecule has 0 aromatic rings. The fourth-order valence-electron chi connectivity index (χ4n) is 8.61. The van der Waals surface area contributed by atoms with Crippen LogP contribution in [0, 0.1) is 0 Å². The monoisotopic (exact) mass is 1100 g/mol. The molecule has 2 atom stereocenters. The van der Waals surface area contributed by atoms with Gasteiger partial charge in [-0.1, -0.05) is 252 Å². The first kappa shape index (κ1) is 75.0. The van der Waals surface area contributed by atoms with Crippen molar-refractivity contribution >= 4 is 17.9 Å². The molecule has 0 radical (unpaired) electrons. The van der Waals surface area contributed by atoms with E-state index in [2.05, 4.69) is 123 Å². The maximum atomic E-state index is 12.9. The number of allylic oxidation sites excluding steroid dienone is 18. The van der Waals surface area contributed by atoms with Crippen LogP contribution in [0.4, 0.5) is 0 Å². The van der Waals surface area contributed by atoms with E-state index in [0.717, 1.165) is 96.3 Å². The molecule has 0 spiro atoms. The Labute approximate surface area is 485 Å². The van der Waals surface area contributed by atoms with Crippen molar-refractivity contribution in [3.63, 3.8) is 0 Å². The lowest BCUT2D eigenvalue weighted by atomic mass is 10.0. The van der Waals surface area contributed by atoms with Crippen LogP contribution in [0.5, 0.6) is 0 Å². The summed E-state index contributed by atoms with van der Waals surface area (Å²) in [5.41, 5.74) is 0. The molecule has 0 rings (SSSR count). The molecule has 9 nitrogen and oxygen atoms in total. The van der Waals surface area contributed by atoms with Crippen LogP contribution in [0.25, 0.3) is 0 Å². The Morgan fingerprint density at radius 2 is 0.722 bits per heavy atom. The highest BCUT2D eigenvalue weighted by Crippen LogP contribution is 2.16. The van der Waals surface area contributed by atoms with E-state index >= 15 is 0 Å². The van der Waals surface area contributed by atoms with Gasteiger partial charge >= 0.3 is 17.9 Å². The Kier molecular flexibility index (Phi) is 57.0. The minimum Gasteiger partial charge on any atom is -0.477 e. The number of likely N-dealkylation sites (N-methyl/N-ethyl adjacent to an activating group) is 1. The lowest BCUT2D eigenvalue weighted by Gasteiger charge is -2.25. The number of aliphatic carboxylic acids is 1. The van der Waals surface area contributed by atoms with Gasteiger partial charge in [-0.15, -0.1) is 0 Å². The Hall–Kier alpha value is -4.05. The number of esters is 2. The highest BCUT2D eigenvalue weighted by atomic mass is 16.7. The quantitative estimate of drug-likeness (QED) is 0.0211. The molecule has 0 saturated heterocycles. The number of carboxylic acid groups (broad SMARTS) is 1. The number of carbonyl (C=O) groups excluding carboxylic acids is 2. The van der Waals surface area contributed by atoms with Gasteiger partial charge in [0.25, 0.3) is 6.29 Å². The van der Waals surface area contributed by atoms with Crippen molar-refractivity contribution in [3.8, 4) is 0 Å². The number of nitrogens with zero attached hydrogens (tertiary/aromatic N) is 1. The molecule has 0 amide bonds. The van der Waals surface area contributed by atoms with Crippen molar-refractivity contribution in [2.45, 2.75) is 270 Å². The first-order chi connectivity index (χ1) is 38.6. The summed E-state index contributed by atoms with van der Waals surface area (Å²) in [5.74, 6) is -2.02. The highest BCUT2D eigenvalue weighted by molar-refractivity contribution is 5.71. The van der Waals surface area contributed by atoms with Crippen molar-refractivity contribution in [3.05, 3.63) is 109 Å². The van der Waals surface area contributed by atoms with Crippen LogP contribution in [0.2, 0.25) is 0 Å². The molecule has 0 saturated carbocycles. The van der Waals surface area contributed by atoms with Gasteiger partial charge < -0.3 is 28.5 Å². The highest BCUT2D eigenvalue weighted by Gasteiger charge is 2.25. The number of hydrogen-bond acceptors (Lipinski definition) is 7. The predicted molar refractivity (Wildman–Crippen MR) is 336 cm³/mol. The molecule has 1 N–H and O–H groups in total. The van der Waals surface area contributed by atoms with E-state index in [1.54, 1.807) is 0 Å². The molecule has 0 aliphatic heterocycles. The second-order valence-corrected chi connectivity index (χ2v) is 22.3. The molecule has 2 unspecified atom stereocenters. The maximum absolute atomic E-state index is 12.9. The first-order valence-corrected chi connectivity index (χ1v) is 32.1. The summed E-state index contributed by atoms with van der Waals surface area (Å²) in [5, 5.41) is 9.73. The molecular weight excluding hydrogens is 983 g/mol. The smallest absolute Gasteiger partial charge is 0.361 e. The fraction of sp³-hybridized carbons (Fsp3) is 0.700. The van der Waals surface area contributed by atoms with Crippen LogP contribution in [0.1, 0.15) is 258 Å². The van der Waals surface area contributed by atoms with Gasteiger partial charge in [-0.25, -0.2) is 4.79 Å². The minimum atomic E-state index is -1.52. The summed E-state index contributed by atoms with van der Waals surface area (Å²) < 4.78 is 22.9. The summed E-state index contributed by atoms with van der Waals surface area (Å²) >= 11 is 0. The zero-order valence-corrected chi connectivity index (χ0v) is 51.5. The summed E-state index contributed by atoms with van der Waals surface area (Å²) in [7, 11) is 5.97. The van der Waals surface area contributed by atoms with E-state index in [9.17, 15) is 19.5 Å². The van der Waals surface area contributed by atoms with Gasteiger partial charge in [0.2, 0.25) is 0 Å². The summed E-state index contributed by atoms with van der Waals surface area (Å²) in [6, 6.07) is 0. The number of ether oxygens (including phenoxy) is 4. The standard InChI is InChI=1S/C70H119NO8/c1-6-8-10-12-14-16-18-20-22-24-26-28-30-32-33-34-35-37-39-41-43-45-47-49-51-53-55-57-59-61-68(73)79-66(65-78-70(69(74)75)76-63-62-71(3,4)5)64-77-67(72)60-58-56-54-52-50-48-46-44-42-40-38-36-31-29-27-25-23-21-19-17-15-13-11-9-7-2/h8,10,14,16,19-22,25-28,31-33,35-37,66,70H,6-7,9,11-13,15,17-18,23-24,29-30,34,38-65H2,1-5H3/p+1/b10-8-,16-14-,21-19-,22-20-,27-25-,28-26-,33-32-,36-31-,37-35-. The number of rotatable bonds is 58. The second-order valence-electron chi connectivity index (χ2n) is 22.3. The second kappa shape index (κ2) is 60.1. The Morgan fingerprint density at radius 1 is 0.392 bits per heavy atom. The molecule has 452 valence electrons. The maximum Gasteiger partial charge on any atom is 0.361 e. The average molecular weight is 1100 g/mol. The third-order valence-electron chi connectivity index (χ3n) is 13.5. The molecule has 0 aliphatic rings. The first-order valence-electron chi connectivity index (χ1n) is 32.1. The minimum absolute atomic E-state index is 0.181. The lowest BCUT2D eigenvalue weighted by molar-refractivity contribution is -0.870. The molecular formula is C70H120NO8+. The normalized spacial score (nSPS) is 13.5. The summed E-state index contributed by atoms with van der Waals surface area (Å²) in [6.07, 6.45) is 80.3. The average Bonchev–Trinajstić information content (AvgIpc) is 3.42. The van der Waals surface area contributed by atoms with Gasteiger partial charge in [0.15, 0.2) is 6.10 Å².